The Morgan fingerprint density at radius 3 is 2.93 bits per heavy atom. The Balaban J connectivity index is 2.00. The van der Waals surface area contributed by atoms with Gasteiger partial charge in [0, 0.05) is 5.38 Å². The van der Waals surface area contributed by atoms with Crippen LogP contribution in [0.4, 0.5) is 5.13 Å². The number of hydrogen-bond donors (Lipinski definition) is 1. The van der Waals surface area contributed by atoms with Gasteiger partial charge in [0.15, 0.2) is 15.0 Å². The van der Waals surface area contributed by atoms with Crippen molar-refractivity contribution >= 4 is 26.3 Å². The molecule has 0 saturated carbocycles. The second kappa shape index (κ2) is 3.51. The fourth-order valence-corrected chi connectivity index (χ4v) is 4.18. The summed E-state index contributed by atoms with van der Waals surface area (Å²) < 4.78 is 22.4. The monoisotopic (exact) mass is 232 g/mol. The van der Waals surface area contributed by atoms with Gasteiger partial charge in [0.2, 0.25) is 0 Å². The van der Waals surface area contributed by atoms with Crippen molar-refractivity contribution in [3.05, 3.63) is 11.1 Å². The highest BCUT2D eigenvalue weighted by Gasteiger charge is 2.28. The highest BCUT2D eigenvalue weighted by Crippen LogP contribution is 2.23. The van der Waals surface area contributed by atoms with Gasteiger partial charge < -0.3 is 5.73 Å². The molecule has 1 unspecified atom stereocenters. The number of anilines is 1. The molecule has 0 radical (unpaired) electrons. The highest BCUT2D eigenvalue weighted by atomic mass is 32.2. The Kier molecular flexibility index (Phi) is 2.48. The van der Waals surface area contributed by atoms with Gasteiger partial charge in [0.05, 0.1) is 17.2 Å². The molecular formula is C8H12N2O2S2. The summed E-state index contributed by atoms with van der Waals surface area (Å²) in [4.78, 5) is 4.12. The van der Waals surface area contributed by atoms with Gasteiger partial charge in [0.25, 0.3) is 0 Å². The summed E-state index contributed by atoms with van der Waals surface area (Å²) in [5, 5.41) is 2.46. The predicted molar refractivity (Wildman–Crippen MR) is 57.0 cm³/mol. The minimum Gasteiger partial charge on any atom is -0.375 e. The highest BCUT2D eigenvalue weighted by molar-refractivity contribution is 7.91. The number of aromatic nitrogens is 1. The summed E-state index contributed by atoms with van der Waals surface area (Å²) in [5.74, 6) is 0.878. The van der Waals surface area contributed by atoms with Crippen molar-refractivity contribution < 1.29 is 8.42 Å². The topological polar surface area (TPSA) is 73.0 Å². The SMILES string of the molecule is Nc1nc(CC2CCS(=O)(=O)C2)cs1. The third-order valence-corrected chi connectivity index (χ3v) is 4.95. The van der Waals surface area contributed by atoms with Gasteiger partial charge in [-0.3, -0.25) is 0 Å². The van der Waals surface area contributed by atoms with Gasteiger partial charge in [0.1, 0.15) is 0 Å². The lowest BCUT2D eigenvalue weighted by molar-refractivity contribution is 0.579. The predicted octanol–water partition coefficient (Wildman–Crippen LogP) is 0.703. The molecule has 0 aliphatic carbocycles. The molecule has 78 valence electrons. The second-order valence-corrected chi connectivity index (χ2v) is 6.77. The molecule has 2 heterocycles. The van der Waals surface area contributed by atoms with E-state index >= 15 is 0 Å². The first-order chi connectivity index (χ1) is 6.55. The first-order valence-electron chi connectivity index (χ1n) is 4.45. The van der Waals surface area contributed by atoms with E-state index < -0.39 is 9.84 Å². The lowest BCUT2D eigenvalue weighted by Gasteiger charge is -2.03. The summed E-state index contributed by atoms with van der Waals surface area (Å²) in [6.07, 6.45) is 1.51. The van der Waals surface area contributed by atoms with Crippen molar-refractivity contribution in [2.24, 2.45) is 5.92 Å². The zero-order chi connectivity index (χ0) is 10.2. The lowest BCUT2D eigenvalue weighted by Crippen LogP contribution is -2.07. The quantitative estimate of drug-likeness (QED) is 0.814. The van der Waals surface area contributed by atoms with E-state index in [2.05, 4.69) is 4.98 Å². The van der Waals surface area contributed by atoms with Gasteiger partial charge in [-0.1, -0.05) is 0 Å². The Morgan fingerprint density at radius 1 is 1.64 bits per heavy atom. The molecule has 0 bridgehead atoms. The van der Waals surface area contributed by atoms with Crippen molar-refractivity contribution in [1.82, 2.24) is 4.98 Å². The second-order valence-electron chi connectivity index (χ2n) is 3.65. The van der Waals surface area contributed by atoms with Crippen LogP contribution in [0.25, 0.3) is 0 Å². The molecule has 1 saturated heterocycles. The van der Waals surface area contributed by atoms with E-state index in [4.69, 9.17) is 5.73 Å². The van der Waals surface area contributed by atoms with Gasteiger partial charge >= 0.3 is 0 Å². The molecule has 6 heteroatoms. The van der Waals surface area contributed by atoms with E-state index in [-0.39, 0.29) is 5.92 Å². The van der Waals surface area contributed by atoms with Crippen LogP contribution in [0.15, 0.2) is 5.38 Å². The Morgan fingerprint density at radius 2 is 2.43 bits per heavy atom. The fourth-order valence-electron chi connectivity index (χ4n) is 1.75. The fraction of sp³-hybridized carbons (Fsp3) is 0.625. The van der Waals surface area contributed by atoms with Crippen molar-refractivity contribution in [2.45, 2.75) is 12.8 Å². The summed E-state index contributed by atoms with van der Waals surface area (Å²) in [6, 6.07) is 0. The van der Waals surface area contributed by atoms with Gasteiger partial charge in [-0.05, 0) is 18.8 Å². The molecule has 1 atom stereocenters. The molecule has 4 nitrogen and oxygen atoms in total. The first kappa shape index (κ1) is 9.92. The van der Waals surface area contributed by atoms with Crippen LogP contribution in [-0.4, -0.2) is 24.9 Å². The van der Waals surface area contributed by atoms with E-state index in [9.17, 15) is 8.42 Å². The number of nitrogens with zero attached hydrogens (tertiary/aromatic N) is 1. The van der Waals surface area contributed by atoms with E-state index in [1.807, 2.05) is 5.38 Å². The summed E-state index contributed by atoms with van der Waals surface area (Å²) in [7, 11) is -2.76. The van der Waals surface area contributed by atoms with E-state index in [1.54, 1.807) is 0 Å². The van der Waals surface area contributed by atoms with Crippen LogP contribution in [0.1, 0.15) is 12.1 Å². The standard InChI is InChI=1S/C8H12N2O2S2/c9-8-10-7(4-13-8)3-6-1-2-14(11,12)5-6/h4,6H,1-3,5H2,(H2,9,10). The molecular weight excluding hydrogens is 220 g/mol. The van der Waals surface area contributed by atoms with Crippen LogP contribution in [0.3, 0.4) is 0 Å². The number of sulfone groups is 1. The third-order valence-electron chi connectivity index (χ3n) is 2.39. The number of nitrogen functional groups attached to an aromatic ring is 1. The van der Waals surface area contributed by atoms with Crippen LogP contribution in [0.5, 0.6) is 0 Å². The van der Waals surface area contributed by atoms with Crippen LogP contribution in [0, 0.1) is 5.92 Å². The van der Waals surface area contributed by atoms with Gasteiger partial charge in [-0.25, -0.2) is 13.4 Å². The number of nitrogens with two attached hydrogens (primary N) is 1. The number of rotatable bonds is 2. The number of hydrogen-bond acceptors (Lipinski definition) is 5. The molecule has 2 N–H and O–H groups in total. The minimum atomic E-state index is -2.76. The van der Waals surface area contributed by atoms with Crippen LogP contribution in [-0.2, 0) is 16.3 Å². The van der Waals surface area contributed by atoms with Crippen molar-refractivity contribution in [3.63, 3.8) is 0 Å². The molecule has 2 rings (SSSR count). The minimum absolute atomic E-state index is 0.237. The van der Waals surface area contributed by atoms with E-state index in [0.29, 0.717) is 16.6 Å². The van der Waals surface area contributed by atoms with Crippen LogP contribution >= 0.6 is 11.3 Å². The molecule has 1 aromatic rings. The van der Waals surface area contributed by atoms with E-state index in [1.165, 1.54) is 11.3 Å². The Bertz CT molecular complexity index is 424. The van der Waals surface area contributed by atoms with Crippen molar-refractivity contribution in [2.75, 3.05) is 17.2 Å². The molecule has 0 amide bonds. The molecule has 14 heavy (non-hydrogen) atoms. The van der Waals surface area contributed by atoms with Gasteiger partial charge in [-0.2, -0.15) is 0 Å². The maximum absolute atomic E-state index is 11.2. The number of thiazole rings is 1. The normalized spacial score (nSPS) is 25.3. The lowest BCUT2D eigenvalue weighted by atomic mass is 10.0. The smallest absolute Gasteiger partial charge is 0.180 e. The summed E-state index contributed by atoms with van der Waals surface area (Å²) in [6.45, 7) is 0. The van der Waals surface area contributed by atoms with Gasteiger partial charge in [-0.15, -0.1) is 11.3 Å². The van der Waals surface area contributed by atoms with Crippen molar-refractivity contribution in [3.8, 4) is 0 Å². The van der Waals surface area contributed by atoms with E-state index in [0.717, 1.165) is 18.5 Å². The zero-order valence-corrected chi connectivity index (χ0v) is 9.27. The largest absolute Gasteiger partial charge is 0.375 e. The molecule has 1 aliphatic rings. The van der Waals surface area contributed by atoms with Crippen LogP contribution < -0.4 is 5.73 Å². The Hall–Kier alpha value is -0.620. The van der Waals surface area contributed by atoms with Crippen LogP contribution in [0.2, 0.25) is 0 Å². The average Bonchev–Trinajstić information content (AvgIpc) is 2.59. The molecule has 1 aromatic heterocycles. The zero-order valence-electron chi connectivity index (χ0n) is 7.64. The van der Waals surface area contributed by atoms with Crippen molar-refractivity contribution in [1.29, 1.82) is 0 Å². The third kappa shape index (κ3) is 2.24. The maximum atomic E-state index is 11.2. The summed E-state index contributed by atoms with van der Waals surface area (Å²) >= 11 is 1.40. The molecule has 0 spiro atoms. The molecule has 0 aromatic carbocycles. The molecule has 1 fully saturated rings. The average molecular weight is 232 g/mol. The maximum Gasteiger partial charge on any atom is 0.180 e. The Labute approximate surface area is 87.1 Å². The first-order valence-corrected chi connectivity index (χ1v) is 7.15. The summed E-state index contributed by atoms with van der Waals surface area (Å²) in [5.41, 5.74) is 6.42. The molecule has 1 aliphatic heterocycles.